The van der Waals surface area contributed by atoms with Gasteiger partial charge >= 0.3 is 0 Å². The second-order valence-corrected chi connectivity index (χ2v) is 5.30. The van der Waals surface area contributed by atoms with Crippen molar-refractivity contribution in [1.29, 1.82) is 0 Å². The Balaban J connectivity index is 1.69. The summed E-state index contributed by atoms with van der Waals surface area (Å²) in [5.41, 5.74) is 5.23. The van der Waals surface area contributed by atoms with Gasteiger partial charge in [0.1, 0.15) is 6.61 Å². The van der Waals surface area contributed by atoms with Crippen LogP contribution in [0, 0.1) is 6.92 Å². The number of hydrogen-bond acceptors (Lipinski definition) is 3. The quantitative estimate of drug-likeness (QED) is 0.509. The first-order valence-corrected chi connectivity index (χ1v) is 7.54. The molecule has 0 atom stereocenters. The number of oxime groups is 1. The molecule has 0 aliphatic rings. The van der Waals surface area contributed by atoms with Crippen molar-refractivity contribution in [2.45, 2.75) is 13.5 Å². The van der Waals surface area contributed by atoms with Crippen LogP contribution in [-0.2, 0) is 11.4 Å². The highest BCUT2D eigenvalue weighted by molar-refractivity contribution is 5.88. The number of aromatic nitrogens is 1. The van der Waals surface area contributed by atoms with E-state index in [9.17, 15) is 0 Å². The predicted molar refractivity (Wildman–Crippen MR) is 93.2 cm³/mol. The molecular weight excluding hydrogens is 284 g/mol. The van der Waals surface area contributed by atoms with Crippen molar-refractivity contribution < 1.29 is 4.84 Å². The van der Waals surface area contributed by atoms with Crippen molar-refractivity contribution in [2.75, 3.05) is 0 Å². The minimum atomic E-state index is 0.456. The van der Waals surface area contributed by atoms with E-state index in [0.29, 0.717) is 6.61 Å². The van der Waals surface area contributed by atoms with Crippen molar-refractivity contribution in [3.63, 3.8) is 0 Å². The molecule has 3 rings (SSSR count). The Morgan fingerprint density at radius 1 is 0.957 bits per heavy atom. The van der Waals surface area contributed by atoms with Gasteiger partial charge in [-0.3, -0.25) is 4.98 Å². The number of nitrogens with zero attached hydrogens (tertiary/aromatic N) is 2. The van der Waals surface area contributed by atoms with Crippen LogP contribution in [0.3, 0.4) is 0 Å². The van der Waals surface area contributed by atoms with Crippen molar-refractivity contribution in [3.05, 3.63) is 89.6 Å². The Hall–Kier alpha value is -2.94. The molecule has 23 heavy (non-hydrogen) atoms. The third-order valence-electron chi connectivity index (χ3n) is 3.50. The van der Waals surface area contributed by atoms with Gasteiger partial charge in [0, 0.05) is 17.3 Å². The number of aryl methyl sites for hydroxylation is 1. The summed E-state index contributed by atoms with van der Waals surface area (Å²) in [6.07, 6.45) is 3.50. The average Bonchev–Trinajstić information content (AvgIpc) is 2.61. The van der Waals surface area contributed by atoms with Crippen LogP contribution in [0.5, 0.6) is 0 Å². The smallest absolute Gasteiger partial charge is 0.142 e. The van der Waals surface area contributed by atoms with Gasteiger partial charge in [0.25, 0.3) is 0 Å². The van der Waals surface area contributed by atoms with E-state index in [1.165, 1.54) is 5.56 Å². The Morgan fingerprint density at radius 3 is 2.52 bits per heavy atom. The number of benzene rings is 2. The normalized spacial score (nSPS) is 10.8. The molecule has 0 fully saturated rings. The lowest BCUT2D eigenvalue weighted by Crippen LogP contribution is -1.93. The van der Waals surface area contributed by atoms with Crippen molar-refractivity contribution in [1.82, 2.24) is 4.98 Å². The van der Waals surface area contributed by atoms with Gasteiger partial charge in [0.15, 0.2) is 0 Å². The summed E-state index contributed by atoms with van der Waals surface area (Å²) in [6, 6.07) is 22.2. The maximum absolute atomic E-state index is 5.40. The van der Waals surface area contributed by atoms with E-state index < -0.39 is 0 Å². The summed E-state index contributed by atoms with van der Waals surface area (Å²) in [6.45, 7) is 2.52. The first-order valence-electron chi connectivity index (χ1n) is 7.54. The van der Waals surface area contributed by atoms with E-state index in [2.05, 4.69) is 29.2 Å². The molecule has 1 heterocycles. The van der Waals surface area contributed by atoms with Gasteiger partial charge in [0.2, 0.25) is 0 Å². The van der Waals surface area contributed by atoms with E-state index >= 15 is 0 Å². The summed E-state index contributed by atoms with van der Waals surface area (Å²) in [4.78, 5) is 9.84. The molecule has 2 aromatic carbocycles. The monoisotopic (exact) mass is 302 g/mol. The van der Waals surface area contributed by atoms with Gasteiger partial charge in [-0.1, -0.05) is 65.3 Å². The van der Waals surface area contributed by atoms with Gasteiger partial charge in [0.05, 0.1) is 11.9 Å². The molecule has 1 aromatic heterocycles. The lowest BCUT2D eigenvalue weighted by molar-refractivity contribution is 0.132. The van der Waals surface area contributed by atoms with Crippen molar-refractivity contribution in [2.24, 2.45) is 5.16 Å². The van der Waals surface area contributed by atoms with Crippen LogP contribution in [0.25, 0.3) is 11.3 Å². The first-order chi connectivity index (χ1) is 11.3. The maximum Gasteiger partial charge on any atom is 0.142 e. The van der Waals surface area contributed by atoms with Gasteiger partial charge < -0.3 is 4.84 Å². The summed E-state index contributed by atoms with van der Waals surface area (Å²) >= 11 is 0. The maximum atomic E-state index is 5.40. The second kappa shape index (κ2) is 7.36. The number of pyridine rings is 1. The number of rotatable bonds is 5. The highest BCUT2D eigenvalue weighted by Crippen LogP contribution is 2.19. The summed E-state index contributed by atoms with van der Waals surface area (Å²) in [5.74, 6) is 0. The minimum absolute atomic E-state index is 0.456. The molecule has 0 unspecified atom stereocenters. The molecule has 0 N–H and O–H groups in total. The molecular formula is C20H18N2O. The Morgan fingerprint density at radius 2 is 1.74 bits per heavy atom. The van der Waals surface area contributed by atoms with E-state index in [1.54, 1.807) is 12.4 Å². The van der Waals surface area contributed by atoms with Crippen molar-refractivity contribution in [3.8, 4) is 11.3 Å². The van der Waals surface area contributed by atoms with Crippen LogP contribution in [0.4, 0.5) is 0 Å². The molecule has 0 bridgehead atoms. The Bertz CT molecular complexity index is 780. The van der Waals surface area contributed by atoms with E-state index in [1.807, 2.05) is 54.6 Å². The fourth-order valence-corrected chi connectivity index (χ4v) is 2.25. The minimum Gasteiger partial charge on any atom is -0.391 e. The van der Waals surface area contributed by atoms with Gasteiger partial charge in [-0.25, -0.2) is 0 Å². The zero-order valence-electron chi connectivity index (χ0n) is 13.0. The van der Waals surface area contributed by atoms with Crippen LogP contribution in [0.15, 0.2) is 78.1 Å². The molecule has 0 saturated carbocycles. The summed E-state index contributed by atoms with van der Waals surface area (Å²) in [7, 11) is 0. The molecule has 3 nitrogen and oxygen atoms in total. The predicted octanol–water partition coefficient (Wildman–Crippen LogP) is 4.61. The lowest BCUT2D eigenvalue weighted by Gasteiger charge is -2.04. The van der Waals surface area contributed by atoms with E-state index in [-0.39, 0.29) is 0 Å². The molecule has 0 aliphatic heterocycles. The Kier molecular flexibility index (Phi) is 4.79. The lowest BCUT2D eigenvalue weighted by atomic mass is 10.1. The van der Waals surface area contributed by atoms with Gasteiger partial charge in [-0.15, -0.1) is 0 Å². The highest BCUT2D eigenvalue weighted by Gasteiger charge is 2.03. The molecule has 3 heteroatoms. The van der Waals surface area contributed by atoms with Crippen LogP contribution in [0.1, 0.15) is 16.7 Å². The topological polar surface area (TPSA) is 34.5 Å². The zero-order valence-corrected chi connectivity index (χ0v) is 13.0. The third-order valence-corrected chi connectivity index (χ3v) is 3.50. The summed E-state index contributed by atoms with van der Waals surface area (Å²) in [5, 5.41) is 4.08. The largest absolute Gasteiger partial charge is 0.391 e. The fourth-order valence-electron chi connectivity index (χ4n) is 2.25. The number of hydrogen-bond donors (Lipinski definition) is 0. The second-order valence-electron chi connectivity index (χ2n) is 5.30. The van der Waals surface area contributed by atoms with Gasteiger partial charge in [-0.05, 0) is 24.6 Å². The highest BCUT2D eigenvalue weighted by atomic mass is 16.6. The summed E-state index contributed by atoms with van der Waals surface area (Å²) < 4.78 is 0. The zero-order chi connectivity index (χ0) is 15.9. The van der Waals surface area contributed by atoms with Crippen molar-refractivity contribution >= 4 is 6.21 Å². The van der Waals surface area contributed by atoms with Crippen LogP contribution >= 0.6 is 0 Å². The van der Waals surface area contributed by atoms with Crippen LogP contribution in [0.2, 0.25) is 0 Å². The van der Waals surface area contributed by atoms with Gasteiger partial charge in [-0.2, -0.15) is 0 Å². The van der Waals surface area contributed by atoms with Crippen LogP contribution < -0.4 is 0 Å². The Labute approximate surface area is 136 Å². The SMILES string of the molecule is Cc1ccc(CON=Cc2cccnc2-c2ccccc2)cc1. The first kappa shape index (κ1) is 15.0. The average molecular weight is 302 g/mol. The molecule has 0 radical (unpaired) electrons. The molecule has 0 aliphatic carbocycles. The molecule has 0 spiro atoms. The van der Waals surface area contributed by atoms with E-state index in [4.69, 9.17) is 4.84 Å². The van der Waals surface area contributed by atoms with Crippen LogP contribution in [-0.4, -0.2) is 11.2 Å². The van der Waals surface area contributed by atoms with E-state index in [0.717, 1.165) is 22.4 Å². The molecule has 114 valence electrons. The standard InChI is InChI=1S/C20H18N2O/c1-16-9-11-17(12-10-16)15-23-22-14-19-8-5-13-21-20(19)18-6-3-2-4-7-18/h2-14H,15H2,1H3. The molecule has 0 amide bonds. The molecule has 3 aromatic rings. The fraction of sp³-hybridized carbons (Fsp3) is 0.100. The third kappa shape index (κ3) is 4.04. The molecule has 0 saturated heterocycles.